The first-order valence-corrected chi connectivity index (χ1v) is 5.90. The number of carbonyl (C=O) groups excluding carboxylic acids is 2. The quantitative estimate of drug-likeness (QED) is 0.745. The molecule has 6 heteroatoms. The van der Waals surface area contributed by atoms with Gasteiger partial charge in [-0.1, -0.05) is 0 Å². The summed E-state index contributed by atoms with van der Waals surface area (Å²) in [5, 5.41) is 11.5. The minimum absolute atomic E-state index is 0.0427. The summed E-state index contributed by atoms with van der Waals surface area (Å²) in [5.74, 6) is -2.50. The van der Waals surface area contributed by atoms with E-state index >= 15 is 0 Å². The molecule has 1 rings (SSSR count). The van der Waals surface area contributed by atoms with Crippen molar-refractivity contribution >= 4 is 17.8 Å². The van der Waals surface area contributed by atoms with Crippen LogP contribution < -0.4 is 5.32 Å². The Balaban J connectivity index is 2.42. The maximum absolute atomic E-state index is 11.8. The standard InChI is InChI=1S/C12H20N2O4/c1-12(2,3)13-9(15)6-14(4)10(16)7-5-8(7)11(17)18/h7-8H,5-6H2,1-4H3,(H,13,15)(H,17,18). The molecule has 0 aliphatic heterocycles. The van der Waals surface area contributed by atoms with Gasteiger partial charge in [0, 0.05) is 12.6 Å². The number of nitrogens with one attached hydrogen (secondary N) is 1. The molecule has 2 N–H and O–H groups in total. The van der Waals surface area contributed by atoms with Gasteiger partial charge in [-0.05, 0) is 27.2 Å². The highest BCUT2D eigenvalue weighted by Gasteiger charge is 2.49. The lowest BCUT2D eigenvalue weighted by Gasteiger charge is -2.23. The zero-order valence-corrected chi connectivity index (χ0v) is 11.2. The largest absolute Gasteiger partial charge is 0.481 e. The average molecular weight is 256 g/mol. The molecule has 18 heavy (non-hydrogen) atoms. The normalized spacial score (nSPS) is 22.2. The molecule has 0 aromatic rings. The van der Waals surface area contributed by atoms with Crippen LogP contribution in [-0.2, 0) is 14.4 Å². The molecule has 0 heterocycles. The Morgan fingerprint density at radius 1 is 1.28 bits per heavy atom. The van der Waals surface area contributed by atoms with E-state index in [9.17, 15) is 14.4 Å². The van der Waals surface area contributed by atoms with Crippen molar-refractivity contribution in [1.29, 1.82) is 0 Å². The first-order valence-electron chi connectivity index (χ1n) is 5.90. The molecule has 0 saturated heterocycles. The average Bonchev–Trinajstić information content (AvgIpc) is 2.92. The van der Waals surface area contributed by atoms with Gasteiger partial charge in [0.05, 0.1) is 18.4 Å². The molecule has 0 aromatic carbocycles. The molecule has 1 saturated carbocycles. The lowest BCUT2D eigenvalue weighted by atomic mass is 10.1. The molecule has 102 valence electrons. The van der Waals surface area contributed by atoms with Crippen LogP contribution in [0.5, 0.6) is 0 Å². The molecule has 0 radical (unpaired) electrons. The summed E-state index contributed by atoms with van der Waals surface area (Å²) in [4.78, 5) is 35.4. The molecular formula is C12H20N2O4. The van der Waals surface area contributed by atoms with Crippen molar-refractivity contribution in [3.05, 3.63) is 0 Å². The fraction of sp³-hybridized carbons (Fsp3) is 0.750. The molecule has 2 atom stereocenters. The molecule has 1 fully saturated rings. The Kier molecular flexibility index (Phi) is 3.98. The number of hydrogen-bond acceptors (Lipinski definition) is 3. The van der Waals surface area contributed by atoms with Crippen molar-refractivity contribution in [1.82, 2.24) is 10.2 Å². The number of carboxylic acids is 1. The van der Waals surface area contributed by atoms with Gasteiger partial charge in [-0.3, -0.25) is 14.4 Å². The van der Waals surface area contributed by atoms with Crippen molar-refractivity contribution in [2.75, 3.05) is 13.6 Å². The maximum atomic E-state index is 11.8. The second-order valence-corrected chi connectivity index (χ2v) is 5.78. The van der Waals surface area contributed by atoms with Crippen LogP contribution in [-0.4, -0.2) is 46.9 Å². The predicted molar refractivity (Wildman–Crippen MR) is 64.8 cm³/mol. The van der Waals surface area contributed by atoms with Gasteiger partial charge in [-0.15, -0.1) is 0 Å². The Morgan fingerprint density at radius 3 is 2.22 bits per heavy atom. The van der Waals surface area contributed by atoms with E-state index in [1.807, 2.05) is 20.8 Å². The van der Waals surface area contributed by atoms with Crippen LogP contribution in [0.4, 0.5) is 0 Å². The Morgan fingerprint density at radius 2 is 1.83 bits per heavy atom. The summed E-state index contributed by atoms with van der Waals surface area (Å²) >= 11 is 0. The van der Waals surface area contributed by atoms with Crippen LogP contribution in [0.15, 0.2) is 0 Å². The van der Waals surface area contributed by atoms with Crippen LogP contribution in [0, 0.1) is 11.8 Å². The molecule has 6 nitrogen and oxygen atoms in total. The Labute approximate surface area is 106 Å². The Bertz CT molecular complexity index is 373. The highest BCUT2D eigenvalue weighted by molar-refractivity contribution is 5.91. The lowest BCUT2D eigenvalue weighted by molar-refractivity contribution is -0.142. The van der Waals surface area contributed by atoms with Crippen molar-refractivity contribution in [3.8, 4) is 0 Å². The van der Waals surface area contributed by atoms with Crippen LogP contribution in [0.25, 0.3) is 0 Å². The molecular weight excluding hydrogens is 236 g/mol. The monoisotopic (exact) mass is 256 g/mol. The van der Waals surface area contributed by atoms with E-state index in [0.29, 0.717) is 6.42 Å². The predicted octanol–water partition coefficient (Wildman–Crippen LogP) is 0.0802. The number of hydrogen-bond donors (Lipinski definition) is 2. The second kappa shape index (κ2) is 4.96. The maximum Gasteiger partial charge on any atom is 0.307 e. The number of carbonyl (C=O) groups is 3. The van der Waals surface area contributed by atoms with E-state index in [0.717, 1.165) is 0 Å². The van der Waals surface area contributed by atoms with E-state index in [-0.39, 0.29) is 23.9 Å². The fourth-order valence-corrected chi connectivity index (χ4v) is 1.78. The highest BCUT2D eigenvalue weighted by Crippen LogP contribution is 2.39. The zero-order valence-electron chi connectivity index (χ0n) is 11.2. The molecule has 0 spiro atoms. The van der Waals surface area contributed by atoms with Gasteiger partial charge >= 0.3 is 5.97 Å². The van der Waals surface area contributed by atoms with Crippen LogP contribution in [0.3, 0.4) is 0 Å². The number of rotatable bonds is 4. The van der Waals surface area contributed by atoms with Crippen LogP contribution in [0.1, 0.15) is 27.2 Å². The molecule has 0 aromatic heterocycles. The third-order valence-corrected chi connectivity index (χ3v) is 2.70. The van der Waals surface area contributed by atoms with Gasteiger partial charge in [-0.25, -0.2) is 0 Å². The van der Waals surface area contributed by atoms with E-state index in [2.05, 4.69) is 5.32 Å². The van der Waals surface area contributed by atoms with Gasteiger partial charge < -0.3 is 15.3 Å². The number of aliphatic carboxylic acids is 1. The molecule has 1 aliphatic carbocycles. The molecule has 0 bridgehead atoms. The molecule has 2 unspecified atom stereocenters. The minimum Gasteiger partial charge on any atom is -0.481 e. The summed E-state index contributed by atoms with van der Waals surface area (Å²) in [6.07, 6.45) is 0.374. The van der Waals surface area contributed by atoms with Crippen LogP contribution >= 0.6 is 0 Å². The van der Waals surface area contributed by atoms with Crippen molar-refractivity contribution in [3.63, 3.8) is 0 Å². The lowest BCUT2D eigenvalue weighted by Crippen LogP contribution is -2.46. The first-order chi connectivity index (χ1) is 8.11. The highest BCUT2D eigenvalue weighted by atomic mass is 16.4. The van der Waals surface area contributed by atoms with Gasteiger partial charge in [0.1, 0.15) is 0 Å². The first kappa shape index (κ1) is 14.5. The summed E-state index contributed by atoms with van der Waals surface area (Å²) in [7, 11) is 1.52. The number of amides is 2. The summed E-state index contributed by atoms with van der Waals surface area (Å²) in [5.41, 5.74) is -0.343. The topological polar surface area (TPSA) is 86.7 Å². The number of carboxylic acid groups (broad SMARTS) is 1. The van der Waals surface area contributed by atoms with E-state index in [1.165, 1.54) is 11.9 Å². The van der Waals surface area contributed by atoms with Gasteiger partial charge in [0.2, 0.25) is 11.8 Å². The minimum atomic E-state index is -0.944. The number of likely N-dealkylation sites (N-methyl/N-ethyl adjacent to an activating group) is 1. The SMILES string of the molecule is CN(CC(=O)NC(C)(C)C)C(=O)C1CC1C(=O)O. The second-order valence-electron chi connectivity index (χ2n) is 5.78. The molecule has 2 amide bonds. The zero-order chi connectivity index (χ0) is 14.1. The van der Waals surface area contributed by atoms with E-state index in [4.69, 9.17) is 5.11 Å². The van der Waals surface area contributed by atoms with E-state index in [1.54, 1.807) is 0 Å². The van der Waals surface area contributed by atoms with Gasteiger partial charge in [0.15, 0.2) is 0 Å². The van der Waals surface area contributed by atoms with Crippen molar-refractivity contribution < 1.29 is 19.5 Å². The van der Waals surface area contributed by atoms with Crippen molar-refractivity contribution in [2.45, 2.75) is 32.7 Å². The van der Waals surface area contributed by atoms with Crippen LogP contribution in [0.2, 0.25) is 0 Å². The molecule has 1 aliphatic rings. The van der Waals surface area contributed by atoms with Gasteiger partial charge in [-0.2, -0.15) is 0 Å². The fourth-order valence-electron chi connectivity index (χ4n) is 1.78. The summed E-state index contributed by atoms with van der Waals surface area (Å²) < 4.78 is 0. The van der Waals surface area contributed by atoms with E-state index < -0.39 is 17.8 Å². The van der Waals surface area contributed by atoms with Gasteiger partial charge in [0.25, 0.3) is 0 Å². The summed E-state index contributed by atoms with van der Waals surface area (Å²) in [6, 6.07) is 0. The third kappa shape index (κ3) is 4.01. The third-order valence-electron chi connectivity index (χ3n) is 2.70. The summed E-state index contributed by atoms with van der Waals surface area (Å²) in [6.45, 7) is 5.52. The smallest absolute Gasteiger partial charge is 0.307 e. The van der Waals surface area contributed by atoms with Crippen molar-refractivity contribution in [2.24, 2.45) is 11.8 Å². The number of nitrogens with zero attached hydrogens (tertiary/aromatic N) is 1. The Hall–Kier alpha value is -1.59.